The number of halogens is 1. The van der Waals surface area contributed by atoms with E-state index in [1.54, 1.807) is 31.3 Å². The molecule has 0 aliphatic rings. The molecule has 108 valence electrons. The Morgan fingerprint density at radius 1 is 1.14 bits per heavy atom. The highest BCUT2D eigenvalue weighted by atomic mass is 32.2. The van der Waals surface area contributed by atoms with Crippen molar-refractivity contribution >= 4 is 21.4 Å². The van der Waals surface area contributed by atoms with E-state index in [4.69, 9.17) is 5.26 Å². The van der Waals surface area contributed by atoms with Gasteiger partial charge in [-0.2, -0.15) is 5.26 Å². The zero-order chi connectivity index (χ0) is 15.5. The monoisotopic (exact) mass is 305 g/mol. The van der Waals surface area contributed by atoms with Crippen molar-refractivity contribution in [2.75, 3.05) is 17.1 Å². The molecule has 5 nitrogen and oxygen atoms in total. The van der Waals surface area contributed by atoms with Crippen LogP contribution < -0.4 is 10.0 Å². The van der Waals surface area contributed by atoms with Crippen LogP contribution in [0.25, 0.3) is 0 Å². The minimum atomic E-state index is -3.93. The van der Waals surface area contributed by atoms with Gasteiger partial charge in [0.1, 0.15) is 10.7 Å². The van der Waals surface area contributed by atoms with E-state index in [0.717, 1.165) is 6.07 Å². The fourth-order valence-electron chi connectivity index (χ4n) is 1.77. The molecule has 0 atom stereocenters. The second kappa shape index (κ2) is 5.81. The molecular formula is C14H12FN3O2S. The predicted octanol–water partition coefficient (Wildman–Crippen LogP) is 2.54. The number of nitriles is 1. The summed E-state index contributed by atoms with van der Waals surface area (Å²) in [4.78, 5) is 0.0104. The molecule has 7 heteroatoms. The summed E-state index contributed by atoms with van der Waals surface area (Å²) in [6.07, 6.45) is 0. The Morgan fingerprint density at radius 3 is 2.48 bits per heavy atom. The number of rotatable bonds is 4. The lowest BCUT2D eigenvalue weighted by molar-refractivity contribution is 0.599. The van der Waals surface area contributed by atoms with Crippen LogP contribution in [0.1, 0.15) is 5.56 Å². The van der Waals surface area contributed by atoms with E-state index in [2.05, 4.69) is 10.0 Å². The van der Waals surface area contributed by atoms with Crippen LogP contribution in [0.15, 0.2) is 47.4 Å². The van der Waals surface area contributed by atoms with Crippen molar-refractivity contribution in [1.29, 1.82) is 5.26 Å². The van der Waals surface area contributed by atoms with Gasteiger partial charge in [-0.15, -0.1) is 0 Å². The molecule has 0 aliphatic carbocycles. The molecular weight excluding hydrogens is 293 g/mol. The van der Waals surface area contributed by atoms with Crippen molar-refractivity contribution in [3.63, 3.8) is 0 Å². The summed E-state index contributed by atoms with van der Waals surface area (Å²) in [7, 11) is -2.34. The third kappa shape index (κ3) is 3.12. The first kappa shape index (κ1) is 14.8. The SMILES string of the molecule is CNc1ccccc1S(=O)(=O)Nc1ccc(C#N)cc1F. The normalized spacial score (nSPS) is 10.7. The zero-order valence-corrected chi connectivity index (χ0v) is 11.9. The average molecular weight is 305 g/mol. The lowest BCUT2D eigenvalue weighted by Gasteiger charge is -2.12. The number of anilines is 2. The van der Waals surface area contributed by atoms with Crippen molar-refractivity contribution in [1.82, 2.24) is 0 Å². The van der Waals surface area contributed by atoms with Crippen LogP contribution in [0.5, 0.6) is 0 Å². The maximum absolute atomic E-state index is 13.8. The third-order valence-corrected chi connectivity index (χ3v) is 4.21. The lowest BCUT2D eigenvalue weighted by Crippen LogP contribution is -2.15. The van der Waals surface area contributed by atoms with Crippen molar-refractivity contribution in [3.05, 3.63) is 53.8 Å². The van der Waals surface area contributed by atoms with E-state index in [1.807, 2.05) is 0 Å². The first-order valence-electron chi connectivity index (χ1n) is 5.97. The molecule has 0 fully saturated rings. The summed E-state index contributed by atoms with van der Waals surface area (Å²) < 4.78 is 40.6. The Balaban J connectivity index is 2.41. The van der Waals surface area contributed by atoms with Crippen molar-refractivity contribution in [2.45, 2.75) is 4.90 Å². The molecule has 0 radical (unpaired) electrons. The average Bonchev–Trinajstić information content (AvgIpc) is 2.49. The number of nitrogens with zero attached hydrogens (tertiary/aromatic N) is 1. The standard InChI is InChI=1S/C14H12FN3O2S/c1-17-13-4-2-3-5-14(13)21(19,20)18-12-7-6-10(9-16)8-11(12)15/h2-8,17-18H,1H3. The van der Waals surface area contributed by atoms with Crippen molar-refractivity contribution in [2.24, 2.45) is 0 Å². The molecule has 0 amide bonds. The Bertz CT molecular complexity index is 813. The summed E-state index contributed by atoms with van der Waals surface area (Å²) in [5.74, 6) is -0.806. The van der Waals surface area contributed by atoms with Gasteiger partial charge in [-0.05, 0) is 30.3 Å². The van der Waals surface area contributed by atoms with Crippen molar-refractivity contribution < 1.29 is 12.8 Å². The molecule has 2 aromatic rings. The molecule has 0 aliphatic heterocycles. The highest BCUT2D eigenvalue weighted by Gasteiger charge is 2.19. The number of nitrogens with one attached hydrogen (secondary N) is 2. The highest BCUT2D eigenvalue weighted by Crippen LogP contribution is 2.24. The Labute approximate surface area is 122 Å². The number of sulfonamides is 1. The molecule has 0 spiro atoms. The van der Waals surface area contributed by atoms with E-state index in [0.29, 0.717) is 5.69 Å². The van der Waals surface area contributed by atoms with E-state index in [9.17, 15) is 12.8 Å². The van der Waals surface area contributed by atoms with Crippen LogP contribution in [0, 0.1) is 17.1 Å². The van der Waals surface area contributed by atoms with Gasteiger partial charge in [-0.25, -0.2) is 12.8 Å². The number of hydrogen-bond donors (Lipinski definition) is 2. The van der Waals surface area contributed by atoms with Gasteiger partial charge in [-0.1, -0.05) is 12.1 Å². The van der Waals surface area contributed by atoms with Crippen LogP contribution in [0.4, 0.5) is 15.8 Å². The summed E-state index contributed by atoms with van der Waals surface area (Å²) in [5, 5.41) is 11.4. The topological polar surface area (TPSA) is 82.0 Å². The third-order valence-electron chi connectivity index (χ3n) is 2.79. The number of para-hydroxylation sites is 1. The van der Waals surface area contributed by atoms with Crippen LogP contribution in [0.3, 0.4) is 0 Å². The molecule has 0 aromatic heterocycles. The van der Waals surface area contributed by atoms with E-state index in [1.165, 1.54) is 18.2 Å². The maximum atomic E-state index is 13.8. The van der Waals surface area contributed by atoms with Crippen LogP contribution >= 0.6 is 0 Å². The van der Waals surface area contributed by atoms with Gasteiger partial charge in [0.15, 0.2) is 0 Å². The summed E-state index contributed by atoms with van der Waals surface area (Å²) in [6.45, 7) is 0. The summed E-state index contributed by atoms with van der Waals surface area (Å²) in [5.41, 5.74) is 0.310. The minimum absolute atomic E-state index is 0.0104. The highest BCUT2D eigenvalue weighted by molar-refractivity contribution is 7.92. The van der Waals surface area contributed by atoms with E-state index >= 15 is 0 Å². The zero-order valence-electron chi connectivity index (χ0n) is 11.1. The lowest BCUT2D eigenvalue weighted by atomic mass is 10.2. The Hall–Kier alpha value is -2.59. The predicted molar refractivity (Wildman–Crippen MR) is 77.9 cm³/mol. The van der Waals surface area contributed by atoms with Crippen molar-refractivity contribution in [3.8, 4) is 6.07 Å². The van der Waals surface area contributed by atoms with Gasteiger partial charge in [0.2, 0.25) is 0 Å². The quantitative estimate of drug-likeness (QED) is 0.909. The van der Waals surface area contributed by atoms with Gasteiger partial charge < -0.3 is 5.32 Å². The molecule has 2 N–H and O–H groups in total. The van der Waals surface area contributed by atoms with Gasteiger partial charge >= 0.3 is 0 Å². The first-order valence-corrected chi connectivity index (χ1v) is 7.45. The molecule has 0 bridgehead atoms. The first-order chi connectivity index (χ1) is 9.97. The molecule has 21 heavy (non-hydrogen) atoms. The fourth-order valence-corrected chi connectivity index (χ4v) is 3.06. The largest absolute Gasteiger partial charge is 0.387 e. The molecule has 0 saturated carbocycles. The van der Waals surface area contributed by atoms with Gasteiger partial charge in [0.05, 0.1) is 23.0 Å². The maximum Gasteiger partial charge on any atom is 0.264 e. The summed E-state index contributed by atoms with van der Waals surface area (Å²) >= 11 is 0. The van der Waals surface area contributed by atoms with Gasteiger partial charge in [0.25, 0.3) is 10.0 Å². The molecule has 2 aromatic carbocycles. The Kier molecular flexibility index (Phi) is 4.10. The fraction of sp³-hybridized carbons (Fsp3) is 0.0714. The Morgan fingerprint density at radius 2 is 1.86 bits per heavy atom. The summed E-state index contributed by atoms with van der Waals surface area (Å²) in [6, 6.07) is 11.6. The number of benzene rings is 2. The van der Waals surface area contributed by atoms with Crippen LogP contribution in [-0.4, -0.2) is 15.5 Å². The van der Waals surface area contributed by atoms with Crippen LogP contribution in [-0.2, 0) is 10.0 Å². The minimum Gasteiger partial charge on any atom is -0.387 e. The van der Waals surface area contributed by atoms with Gasteiger partial charge in [0, 0.05) is 7.05 Å². The second-order valence-electron chi connectivity index (χ2n) is 4.16. The number of hydrogen-bond acceptors (Lipinski definition) is 4. The smallest absolute Gasteiger partial charge is 0.264 e. The molecule has 2 rings (SSSR count). The molecule has 0 heterocycles. The van der Waals surface area contributed by atoms with E-state index in [-0.39, 0.29) is 16.1 Å². The molecule has 0 unspecified atom stereocenters. The van der Waals surface area contributed by atoms with E-state index < -0.39 is 15.8 Å². The second-order valence-corrected chi connectivity index (χ2v) is 5.81. The van der Waals surface area contributed by atoms with Crippen LogP contribution in [0.2, 0.25) is 0 Å². The molecule has 0 saturated heterocycles. The van der Waals surface area contributed by atoms with Gasteiger partial charge in [-0.3, -0.25) is 4.72 Å².